The summed E-state index contributed by atoms with van der Waals surface area (Å²) in [6.07, 6.45) is -0.226. The number of carboxylic acids is 1. The maximum Gasteiger partial charge on any atom is 0.490 e. The Hall–Kier alpha value is -5.72. The largest absolute Gasteiger partial charge is 0.490 e. The molecule has 2 heterocycles. The molecule has 0 saturated heterocycles. The first-order chi connectivity index (χ1) is 33.7. The molecule has 1 aromatic heterocycles. The maximum absolute atomic E-state index is 15.1. The number of aromatic nitrogens is 1. The van der Waals surface area contributed by atoms with E-state index in [0.29, 0.717) is 90.2 Å². The molecule has 17 nitrogen and oxygen atoms in total. The Bertz CT molecular complexity index is 2190. The average molecular weight is 1030 g/mol. The summed E-state index contributed by atoms with van der Waals surface area (Å²) in [6, 6.07) is 14.6. The number of nitrogens with one attached hydrogen (secondary N) is 2. The number of benzene rings is 2. The van der Waals surface area contributed by atoms with Gasteiger partial charge in [-0.25, -0.2) is 13.6 Å². The van der Waals surface area contributed by atoms with E-state index in [0.717, 1.165) is 40.4 Å². The number of amides is 5. The van der Waals surface area contributed by atoms with Gasteiger partial charge in [0.2, 0.25) is 17.7 Å². The number of carbonyl (C=O) groups excluding carboxylic acids is 5. The van der Waals surface area contributed by atoms with Crippen LogP contribution < -0.4 is 16.4 Å². The molecule has 392 valence electrons. The predicted molar refractivity (Wildman–Crippen MR) is 254 cm³/mol. The third-order valence-corrected chi connectivity index (χ3v) is 11.0. The number of rotatable bonds is 30. The average Bonchev–Trinajstić information content (AvgIpc) is 3.86. The van der Waals surface area contributed by atoms with Crippen molar-refractivity contribution in [2.45, 2.75) is 52.4 Å². The molecule has 0 unspecified atom stereocenters. The van der Waals surface area contributed by atoms with E-state index in [1.165, 1.54) is 17.8 Å². The molecule has 0 radical (unpaired) electrons. The molecule has 5 amide bonds. The number of carboxylic acid groups (broad SMARTS) is 1. The number of nitrogens with two attached hydrogens (primary N) is 1. The molecule has 71 heavy (non-hydrogen) atoms. The number of ether oxygens (including phenoxy) is 4. The molecule has 1 aliphatic heterocycles. The van der Waals surface area contributed by atoms with Crippen LogP contribution in [0, 0.1) is 17.0 Å². The lowest BCUT2D eigenvalue weighted by Crippen LogP contribution is -2.44. The monoisotopic (exact) mass is 1030 g/mol. The van der Waals surface area contributed by atoms with Gasteiger partial charge < -0.3 is 49.9 Å². The van der Waals surface area contributed by atoms with Crippen LogP contribution in [0.2, 0.25) is 0 Å². The highest BCUT2D eigenvalue weighted by atomic mass is 32.2. The summed E-state index contributed by atoms with van der Waals surface area (Å²) in [5.74, 6) is -5.00. The van der Waals surface area contributed by atoms with Crippen LogP contribution in [0.15, 0.2) is 72.9 Å². The second-order valence-corrected chi connectivity index (χ2v) is 17.8. The first kappa shape index (κ1) is 59.6. The van der Waals surface area contributed by atoms with Gasteiger partial charge in [-0.1, -0.05) is 51.1 Å². The summed E-state index contributed by atoms with van der Waals surface area (Å²) in [7, 11) is 0. The molecular weight excluding hydrogens is 964 g/mol. The van der Waals surface area contributed by atoms with Crippen molar-refractivity contribution in [3.63, 3.8) is 0 Å². The van der Waals surface area contributed by atoms with Gasteiger partial charge in [-0.05, 0) is 48.2 Å². The molecule has 1 atom stereocenters. The van der Waals surface area contributed by atoms with Gasteiger partial charge in [-0.3, -0.25) is 28.9 Å². The third-order valence-electron chi connectivity index (χ3n) is 10.1. The van der Waals surface area contributed by atoms with Crippen LogP contribution in [0.5, 0.6) is 0 Å². The number of imide groups is 1. The van der Waals surface area contributed by atoms with Crippen LogP contribution in [0.25, 0.3) is 11.1 Å². The van der Waals surface area contributed by atoms with Crippen molar-refractivity contribution in [1.82, 2.24) is 25.0 Å². The van der Waals surface area contributed by atoms with E-state index in [4.69, 9.17) is 34.6 Å². The van der Waals surface area contributed by atoms with Crippen molar-refractivity contribution in [2.75, 3.05) is 97.1 Å². The van der Waals surface area contributed by atoms with Crippen LogP contribution in [-0.4, -0.2) is 158 Å². The van der Waals surface area contributed by atoms with Crippen LogP contribution in [0.4, 0.5) is 22.0 Å². The normalized spacial score (nSPS) is 12.9. The minimum atomic E-state index is -5.08. The third kappa shape index (κ3) is 22.1. The van der Waals surface area contributed by atoms with E-state index in [-0.39, 0.29) is 49.2 Å². The Morgan fingerprint density at radius 1 is 0.803 bits per heavy atom. The number of thioether (sulfide) groups is 1. The molecule has 1 aliphatic rings. The summed E-state index contributed by atoms with van der Waals surface area (Å²) in [6.45, 7) is 10.3. The summed E-state index contributed by atoms with van der Waals surface area (Å²) >= 11 is 1.38. The minimum Gasteiger partial charge on any atom is -0.475 e. The molecule has 0 bridgehead atoms. The fourth-order valence-electron chi connectivity index (χ4n) is 6.84. The number of nitrogens with zero attached hydrogens (tertiary/aromatic N) is 3. The lowest BCUT2D eigenvalue weighted by Gasteiger charge is -2.41. The number of hydrogen-bond acceptors (Lipinski definition) is 12. The zero-order valence-electron chi connectivity index (χ0n) is 40.0. The Morgan fingerprint density at radius 2 is 1.35 bits per heavy atom. The fourth-order valence-corrected chi connectivity index (χ4v) is 7.65. The summed E-state index contributed by atoms with van der Waals surface area (Å²) in [4.78, 5) is 73.1. The molecule has 0 aliphatic carbocycles. The zero-order valence-corrected chi connectivity index (χ0v) is 40.8. The Kier molecular flexibility index (Phi) is 25.9. The Labute approximate surface area is 413 Å². The van der Waals surface area contributed by atoms with E-state index in [1.807, 2.05) is 52.1 Å². The quantitative estimate of drug-likeness (QED) is 0.0404. The lowest BCUT2D eigenvalue weighted by atomic mass is 9.83. The SMILES string of the molecule is CC(C)(C)[C@H](c1cc(-c2cc(F)ccc2F)cn1Cc1ccccc1)N(CCCN)C(=O)CSCCC(=O)NCCOCCOCCOCCOCCNC(=O)CN1C(=O)C=CC1=O.O=C(O)C(F)(F)F. The standard InChI is InChI=1S/C46H62F2N6O9S.C2HF3O2/c1-46(2,3)45(39-28-35(37-29-36(47)10-11-38(37)48)31-52(39)30-34-8-5-4-6-9-34)53(18-7-15-49)44(59)33-64-27-14-40(55)50-16-19-60-21-23-62-25-26-63-24-22-61-20-17-51-41(56)32-54-42(57)12-13-43(54)58;3-2(4,5)1(6)7/h4-6,8-13,28-29,31,45H,7,14-27,30,32-33,49H2,1-3H3,(H,50,55)(H,51,56);(H,6,7)/t45-;/m0./s1. The van der Waals surface area contributed by atoms with Crippen molar-refractivity contribution in [1.29, 1.82) is 0 Å². The summed E-state index contributed by atoms with van der Waals surface area (Å²) < 4.78 is 85.1. The molecule has 0 saturated carbocycles. The van der Waals surface area contributed by atoms with Crippen molar-refractivity contribution in [3.05, 3.63) is 95.8 Å². The highest BCUT2D eigenvalue weighted by molar-refractivity contribution is 7.99. The van der Waals surface area contributed by atoms with E-state index >= 15 is 4.39 Å². The van der Waals surface area contributed by atoms with E-state index < -0.39 is 53.0 Å². The Morgan fingerprint density at radius 3 is 1.89 bits per heavy atom. The Balaban J connectivity index is 0.00000176. The molecule has 2 aromatic carbocycles. The topological polar surface area (TPSA) is 221 Å². The van der Waals surface area contributed by atoms with Gasteiger partial charge in [0.1, 0.15) is 18.2 Å². The van der Waals surface area contributed by atoms with Crippen molar-refractivity contribution in [2.24, 2.45) is 11.1 Å². The number of alkyl halides is 3. The molecule has 5 N–H and O–H groups in total. The highest BCUT2D eigenvalue weighted by Gasteiger charge is 2.39. The van der Waals surface area contributed by atoms with Crippen LogP contribution in [0.1, 0.15) is 50.9 Å². The van der Waals surface area contributed by atoms with E-state index in [2.05, 4.69) is 31.4 Å². The van der Waals surface area contributed by atoms with Gasteiger partial charge in [0.05, 0.1) is 64.6 Å². The van der Waals surface area contributed by atoms with Gasteiger partial charge in [0.15, 0.2) is 0 Å². The van der Waals surface area contributed by atoms with Crippen molar-refractivity contribution >= 4 is 47.3 Å². The van der Waals surface area contributed by atoms with Crippen LogP contribution in [-0.2, 0) is 54.3 Å². The number of hydrogen-bond donors (Lipinski definition) is 4. The lowest BCUT2D eigenvalue weighted by molar-refractivity contribution is -0.192. The molecular formula is C48H63F5N6O11S. The van der Waals surface area contributed by atoms with Gasteiger partial charge in [0, 0.05) is 73.5 Å². The van der Waals surface area contributed by atoms with Gasteiger partial charge in [0.25, 0.3) is 11.8 Å². The molecule has 3 aromatic rings. The highest BCUT2D eigenvalue weighted by Crippen LogP contribution is 2.41. The minimum absolute atomic E-state index is 0.107. The zero-order chi connectivity index (χ0) is 52.4. The van der Waals surface area contributed by atoms with Crippen LogP contribution >= 0.6 is 11.8 Å². The second-order valence-electron chi connectivity index (χ2n) is 16.7. The van der Waals surface area contributed by atoms with Crippen molar-refractivity contribution in [3.8, 4) is 11.1 Å². The van der Waals surface area contributed by atoms with E-state index in [9.17, 15) is 41.5 Å². The number of carbonyl (C=O) groups is 6. The van der Waals surface area contributed by atoms with E-state index in [1.54, 1.807) is 0 Å². The van der Waals surface area contributed by atoms with Gasteiger partial charge in [-0.2, -0.15) is 24.9 Å². The first-order valence-electron chi connectivity index (χ1n) is 22.7. The van der Waals surface area contributed by atoms with Crippen LogP contribution in [0.3, 0.4) is 0 Å². The maximum atomic E-state index is 15.1. The molecule has 0 spiro atoms. The van der Waals surface area contributed by atoms with Crippen molar-refractivity contribution < 1.29 is 74.8 Å². The van der Waals surface area contributed by atoms with Gasteiger partial charge in [-0.15, -0.1) is 0 Å². The predicted octanol–water partition coefficient (Wildman–Crippen LogP) is 4.73. The fraction of sp³-hybridized carbons (Fsp3) is 0.500. The molecule has 23 heteroatoms. The molecule has 4 rings (SSSR count). The smallest absolute Gasteiger partial charge is 0.475 e. The first-order valence-corrected chi connectivity index (χ1v) is 23.8. The summed E-state index contributed by atoms with van der Waals surface area (Å²) in [5.41, 5.74) is 7.94. The summed E-state index contributed by atoms with van der Waals surface area (Å²) in [5, 5.41) is 12.5. The van der Waals surface area contributed by atoms with Gasteiger partial charge >= 0.3 is 12.1 Å². The number of halogens is 5. The molecule has 0 fully saturated rings. The second kappa shape index (κ2) is 30.9. The number of aliphatic carboxylic acids is 1.